The van der Waals surface area contributed by atoms with Crippen LogP contribution in [0.3, 0.4) is 0 Å². The number of halogens is 2. The van der Waals surface area contributed by atoms with Gasteiger partial charge in [0.1, 0.15) is 3.70 Å². The van der Waals surface area contributed by atoms with E-state index < -0.39 is 0 Å². The smallest absolute Gasteiger partial charge is 0.191 e. The van der Waals surface area contributed by atoms with Gasteiger partial charge in [-0.05, 0) is 28.8 Å². The van der Waals surface area contributed by atoms with Gasteiger partial charge in [0, 0.05) is 28.8 Å². The summed E-state index contributed by atoms with van der Waals surface area (Å²) in [6.07, 6.45) is 3.87. The Labute approximate surface area is 90.9 Å². The standard InChI is InChI=1S/C5H4I2N2S/c1-10-3-2-8-5(7)9-4(3)6/h2H,1H3. The summed E-state index contributed by atoms with van der Waals surface area (Å²) in [6.45, 7) is 0. The first kappa shape index (κ1) is 8.98. The van der Waals surface area contributed by atoms with Crippen LogP contribution in [0.5, 0.6) is 0 Å². The third kappa shape index (κ3) is 2.19. The van der Waals surface area contributed by atoms with E-state index in [0.29, 0.717) is 0 Å². The number of nitrogens with zero attached hydrogens (tertiary/aromatic N) is 2. The van der Waals surface area contributed by atoms with Gasteiger partial charge in [-0.3, -0.25) is 0 Å². The third-order valence-corrected chi connectivity index (χ3v) is 3.35. The highest BCUT2D eigenvalue weighted by Crippen LogP contribution is 2.19. The molecule has 0 amide bonds. The van der Waals surface area contributed by atoms with Gasteiger partial charge in [0.05, 0.1) is 4.90 Å². The Balaban J connectivity index is 3.07. The molecular formula is C5H4I2N2S. The lowest BCUT2D eigenvalue weighted by atomic mass is 10.7. The lowest BCUT2D eigenvalue weighted by molar-refractivity contribution is 1.01. The zero-order valence-corrected chi connectivity index (χ0v) is 10.3. The molecule has 0 saturated heterocycles. The normalized spacial score (nSPS) is 9.90. The Kier molecular flexibility index (Phi) is 3.64. The Hall–Kier alpha value is 0.890. The quantitative estimate of drug-likeness (QED) is 0.325. The Bertz CT molecular complexity index is 241. The molecule has 0 N–H and O–H groups in total. The highest BCUT2D eigenvalue weighted by molar-refractivity contribution is 14.1. The zero-order chi connectivity index (χ0) is 7.56. The van der Waals surface area contributed by atoms with Crippen LogP contribution in [-0.2, 0) is 0 Å². The van der Waals surface area contributed by atoms with Crippen molar-refractivity contribution in [1.29, 1.82) is 0 Å². The maximum Gasteiger partial charge on any atom is 0.191 e. The van der Waals surface area contributed by atoms with Crippen molar-refractivity contribution in [2.75, 3.05) is 6.26 Å². The minimum Gasteiger partial charge on any atom is -0.230 e. The summed E-state index contributed by atoms with van der Waals surface area (Å²) < 4.78 is 1.84. The summed E-state index contributed by atoms with van der Waals surface area (Å²) in [4.78, 5) is 9.39. The van der Waals surface area contributed by atoms with Crippen molar-refractivity contribution in [3.05, 3.63) is 13.7 Å². The molecule has 0 aliphatic heterocycles. The fourth-order valence-electron chi connectivity index (χ4n) is 0.467. The van der Waals surface area contributed by atoms with Crippen molar-refractivity contribution in [3.8, 4) is 0 Å². The van der Waals surface area contributed by atoms with Crippen LogP contribution in [0.4, 0.5) is 0 Å². The number of aromatic nitrogens is 2. The van der Waals surface area contributed by atoms with Crippen LogP contribution in [0.25, 0.3) is 0 Å². The minimum absolute atomic E-state index is 0.805. The number of rotatable bonds is 1. The molecule has 1 aromatic heterocycles. The van der Waals surface area contributed by atoms with E-state index in [4.69, 9.17) is 0 Å². The molecule has 5 heteroatoms. The Morgan fingerprint density at radius 2 is 2.20 bits per heavy atom. The molecule has 0 aliphatic rings. The summed E-state index contributed by atoms with van der Waals surface area (Å²) >= 11 is 5.98. The molecule has 2 nitrogen and oxygen atoms in total. The maximum atomic E-state index is 4.19. The van der Waals surface area contributed by atoms with E-state index in [1.54, 1.807) is 11.8 Å². The molecule has 1 heterocycles. The molecule has 0 atom stereocenters. The van der Waals surface area contributed by atoms with Gasteiger partial charge in [-0.15, -0.1) is 11.8 Å². The topological polar surface area (TPSA) is 25.8 Å². The first-order valence-electron chi connectivity index (χ1n) is 2.46. The molecule has 10 heavy (non-hydrogen) atoms. The summed E-state index contributed by atoms with van der Waals surface area (Å²) in [6, 6.07) is 0. The SMILES string of the molecule is CSc1cnc(I)nc1I. The van der Waals surface area contributed by atoms with Crippen LogP contribution in [-0.4, -0.2) is 16.2 Å². The second-order valence-corrected chi connectivity index (χ2v) is 4.33. The van der Waals surface area contributed by atoms with Gasteiger partial charge in [-0.2, -0.15) is 0 Å². The largest absolute Gasteiger partial charge is 0.230 e. The molecule has 1 aromatic rings. The lowest BCUT2D eigenvalue weighted by Gasteiger charge is -1.97. The highest BCUT2D eigenvalue weighted by Gasteiger charge is 1.99. The van der Waals surface area contributed by atoms with Crippen LogP contribution in [0.1, 0.15) is 0 Å². The van der Waals surface area contributed by atoms with Crippen LogP contribution < -0.4 is 0 Å². The van der Waals surface area contributed by atoms with Crippen LogP contribution >= 0.6 is 56.9 Å². The number of hydrogen-bond donors (Lipinski definition) is 0. The van der Waals surface area contributed by atoms with E-state index in [0.717, 1.165) is 12.4 Å². The molecule has 0 saturated carbocycles. The third-order valence-electron chi connectivity index (χ3n) is 0.902. The van der Waals surface area contributed by atoms with E-state index in [1.165, 1.54) is 0 Å². The summed E-state index contributed by atoms with van der Waals surface area (Å²) in [5, 5.41) is 0. The van der Waals surface area contributed by atoms with Crippen molar-refractivity contribution in [1.82, 2.24) is 9.97 Å². The monoisotopic (exact) mass is 378 g/mol. The summed E-state index contributed by atoms with van der Waals surface area (Å²) in [5.41, 5.74) is 0. The van der Waals surface area contributed by atoms with Crippen LogP contribution in [0, 0.1) is 7.53 Å². The first-order valence-corrected chi connectivity index (χ1v) is 5.84. The van der Waals surface area contributed by atoms with Gasteiger partial charge < -0.3 is 0 Å². The van der Waals surface area contributed by atoms with Gasteiger partial charge in [0.25, 0.3) is 0 Å². The van der Waals surface area contributed by atoms with Gasteiger partial charge >= 0.3 is 0 Å². The molecule has 0 unspecified atom stereocenters. The Morgan fingerprint density at radius 3 is 2.70 bits per heavy atom. The Morgan fingerprint density at radius 1 is 1.50 bits per heavy atom. The molecule has 0 spiro atoms. The van der Waals surface area contributed by atoms with Gasteiger partial charge in [-0.1, -0.05) is 0 Å². The van der Waals surface area contributed by atoms with Gasteiger partial charge in [-0.25, -0.2) is 9.97 Å². The maximum absolute atomic E-state index is 4.19. The zero-order valence-electron chi connectivity index (χ0n) is 5.14. The van der Waals surface area contributed by atoms with Crippen molar-refractivity contribution in [2.45, 2.75) is 4.90 Å². The van der Waals surface area contributed by atoms with Crippen molar-refractivity contribution in [3.63, 3.8) is 0 Å². The predicted molar refractivity (Wildman–Crippen MR) is 59.2 cm³/mol. The average Bonchev–Trinajstić information content (AvgIpc) is 1.88. The lowest BCUT2D eigenvalue weighted by Crippen LogP contribution is -1.91. The molecule has 0 bridgehead atoms. The average molecular weight is 378 g/mol. The number of thioether (sulfide) groups is 1. The fraction of sp³-hybridized carbons (Fsp3) is 0.200. The van der Waals surface area contributed by atoms with E-state index in [-0.39, 0.29) is 0 Å². The molecule has 0 aromatic carbocycles. The second-order valence-electron chi connectivity index (χ2n) is 1.50. The van der Waals surface area contributed by atoms with Crippen LogP contribution in [0.2, 0.25) is 0 Å². The molecular weight excluding hydrogens is 374 g/mol. The fourth-order valence-corrected chi connectivity index (χ4v) is 2.71. The van der Waals surface area contributed by atoms with Gasteiger partial charge in [0.2, 0.25) is 0 Å². The molecule has 0 aliphatic carbocycles. The number of hydrogen-bond acceptors (Lipinski definition) is 3. The minimum atomic E-state index is 0.805. The van der Waals surface area contributed by atoms with E-state index in [9.17, 15) is 0 Å². The predicted octanol–water partition coefficient (Wildman–Crippen LogP) is 2.41. The first-order chi connectivity index (χ1) is 4.74. The molecule has 0 radical (unpaired) electrons. The van der Waals surface area contributed by atoms with Crippen molar-refractivity contribution < 1.29 is 0 Å². The van der Waals surface area contributed by atoms with Crippen molar-refractivity contribution in [2.24, 2.45) is 0 Å². The van der Waals surface area contributed by atoms with Crippen LogP contribution in [0.15, 0.2) is 11.1 Å². The molecule has 1 rings (SSSR count). The second kappa shape index (κ2) is 4.05. The molecule has 0 fully saturated rings. The van der Waals surface area contributed by atoms with Crippen molar-refractivity contribution >= 4 is 56.9 Å². The van der Waals surface area contributed by atoms with E-state index in [1.807, 2.05) is 12.5 Å². The van der Waals surface area contributed by atoms with E-state index in [2.05, 4.69) is 55.1 Å². The molecule has 54 valence electrons. The van der Waals surface area contributed by atoms with Gasteiger partial charge in [0.15, 0.2) is 3.83 Å². The summed E-state index contributed by atoms with van der Waals surface area (Å²) in [7, 11) is 0. The van der Waals surface area contributed by atoms with E-state index >= 15 is 0 Å². The summed E-state index contributed by atoms with van der Waals surface area (Å²) in [5.74, 6) is 0. The highest BCUT2D eigenvalue weighted by atomic mass is 127.